The first kappa shape index (κ1) is 15.7. The topological polar surface area (TPSA) is 92.3 Å². The van der Waals surface area contributed by atoms with Gasteiger partial charge in [-0.2, -0.15) is 0 Å². The number of rotatable bonds is 7. The molecule has 0 atom stereocenters. The van der Waals surface area contributed by atoms with E-state index in [-0.39, 0.29) is 35.6 Å². The van der Waals surface area contributed by atoms with E-state index in [4.69, 9.17) is 0 Å². The molecule has 1 aliphatic rings. The van der Waals surface area contributed by atoms with Crippen molar-refractivity contribution < 1.29 is 18.0 Å². The van der Waals surface area contributed by atoms with Gasteiger partial charge in [0.15, 0.2) is 5.78 Å². The van der Waals surface area contributed by atoms with Crippen LogP contribution in [0.25, 0.3) is 0 Å². The number of sulfonamides is 1. The predicted octanol–water partition coefficient (Wildman–Crippen LogP) is 0.694. The lowest BCUT2D eigenvalue weighted by molar-refractivity contribution is -0.122. The summed E-state index contributed by atoms with van der Waals surface area (Å²) in [4.78, 5) is 22.6. The average Bonchev–Trinajstić information content (AvgIpc) is 3.28. The lowest BCUT2D eigenvalue weighted by atomic mass is 10.2. The Labute approximate surface area is 124 Å². The van der Waals surface area contributed by atoms with Gasteiger partial charge in [-0.05, 0) is 31.9 Å². The van der Waals surface area contributed by atoms with Gasteiger partial charge in [-0.1, -0.05) is 12.1 Å². The lowest BCUT2D eigenvalue weighted by Crippen LogP contribution is -2.35. The number of amides is 1. The summed E-state index contributed by atoms with van der Waals surface area (Å²) in [6.07, 6.45) is 1.83. The fraction of sp³-hybridized carbons (Fsp3) is 0.429. The van der Waals surface area contributed by atoms with Crippen molar-refractivity contribution in [3.05, 3.63) is 29.8 Å². The zero-order chi connectivity index (χ0) is 15.5. The van der Waals surface area contributed by atoms with Crippen molar-refractivity contribution >= 4 is 21.7 Å². The number of benzene rings is 1. The first-order valence-corrected chi connectivity index (χ1v) is 8.27. The lowest BCUT2D eigenvalue weighted by Gasteiger charge is -2.08. The largest absolute Gasteiger partial charge is 0.355 e. The van der Waals surface area contributed by atoms with Gasteiger partial charge in [0.1, 0.15) is 0 Å². The molecule has 1 amide bonds. The zero-order valence-electron chi connectivity index (χ0n) is 11.8. The molecule has 0 radical (unpaired) electrons. The third-order valence-electron chi connectivity index (χ3n) is 3.24. The second-order valence-electron chi connectivity index (χ2n) is 5.04. The molecule has 2 rings (SSSR count). The van der Waals surface area contributed by atoms with E-state index in [1.54, 1.807) is 0 Å². The number of carbonyl (C=O) groups excluding carboxylic acids is 2. The summed E-state index contributed by atoms with van der Waals surface area (Å²) in [5.41, 5.74) is 0.464. The summed E-state index contributed by atoms with van der Waals surface area (Å²) in [6.45, 7) is 1.82. The summed E-state index contributed by atoms with van der Waals surface area (Å²) in [5, 5.41) is 2.68. The van der Waals surface area contributed by atoms with Crippen LogP contribution in [0.1, 0.15) is 30.1 Å². The van der Waals surface area contributed by atoms with E-state index >= 15 is 0 Å². The van der Waals surface area contributed by atoms with Crippen LogP contribution in [0.4, 0.5) is 0 Å². The standard InChI is InChI=1S/C14H18N2O4S/c1-10(17)11-4-6-13(7-5-11)21(19,20)16-9-8-15-14(18)12-2-3-12/h4-7,12,16H,2-3,8-9H2,1H3,(H,15,18). The maximum atomic E-state index is 12.0. The molecule has 0 aromatic heterocycles. The van der Waals surface area contributed by atoms with Crippen molar-refractivity contribution in [2.75, 3.05) is 13.1 Å². The van der Waals surface area contributed by atoms with Crippen LogP contribution in [0.2, 0.25) is 0 Å². The van der Waals surface area contributed by atoms with Gasteiger partial charge in [0, 0.05) is 24.6 Å². The van der Waals surface area contributed by atoms with Crippen LogP contribution in [-0.2, 0) is 14.8 Å². The van der Waals surface area contributed by atoms with Crippen molar-refractivity contribution in [2.24, 2.45) is 5.92 Å². The maximum Gasteiger partial charge on any atom is 0.240 e. The first-order valence-electron chi connectivity index (χ1n) is 6.78. The van der Waals surface area contributed by atoms with E-state index in [0.29, 0.717) is 5.56 Å². The van der Waals surface area contributed by atoms with E-state index in [2.05, 4.69) is 10.0 Å². The van der Waals surface area contributed by atoms with Crippen molar-refractivity contribution in [1.82, 2.24) is 10.0 Å². The minimum atomic E-state index is -3.62. The molecule has 21 heavy (non-hydrogen) atoms. The van der Waals surface area contributed by atoms with Gasteiger partial charge in [0.2, 0.25) is 15.9 Å². The third-order valence-corrected chi connectivity index (χ3v) is 4.71. The quantitative estimate of drug-likeness (QED) is 0.572. The number of nitrogens with one attached hydrogen (secondary N) is 2. The molecular weight excluding hydrogens is 292 g/mol. The highest BCUT2D eigenvalue weighted by molar-refractivity contribution is 7.89. The smallest absolute Gasteiger partial charge is 0.240 e. The minimum absolute atomic E-state index is 0.0139. The number of ketones is 1. The van der Waals surface area contributed by atoms with Crippen LogP contribution in [0.15, 0.2) is 29.2 Å². The summed E-state index contributed by atoms with van der Waals surface area (Å²) in [6, 6.07) is 5.74. The van der Waals surface area contributed by atoms with Crippen LogP contribution < -0.4 is 10.0 Å². The number of hydrogen-bond acceptors (Lipinski definition) is 4. The Morgan fingerprint density at radius 1 is 1.14 bits per heavy atom. The predicted molar refractivity (Wildman–Crippen MR) is 77.4 cm³/mol. The molecule has 2 N–H and O–H groups in total. The molecule has 0 bridgehead atoms. The molecule has 0 spiro atoms. The Balaban J connectivity index is 1.85. The molecule has 1 aromatic carbocycles. The van der Waals surface area contributed by atoms with Gasteiger partial charge in [-0.3, -0.25) is 9.59 Å². The second-order valence-corrected chi connectivity index (χ2v) is 6.81. The molecular formula is C14H18N2O4S. The van der Waals surface area contributed by atoms with Crippen molar-refractivity contribution in [3.8, 4) is 0 Å². The van der Waals surface area contributed by atoms with Gasteiger partial charge < -0.3 is 5.32 Å². The van der Waals surface area contributed by atoms with Gasteiger partial charge in [-0.15, -0.1) is 0 Å². The molecule has 6 nitrogen and oxygen atoms in total. The van der Waals surface area contributed by atoms with E-state index in [9.17, 15) is 18.0 Å². The molecule has 1 saturated carbocycles. The molecule has 0 unspecified atom stereocenters. The van der Waals surface area contributed by atoms with Crippen LogP contribution in [-0.4, -0.2) is 33.2 Å². The highest BCUT2D eigenvalue weighted by Crippen LogP contribution is 2.28. The van der Waals surface area contributed by atoms with Crippen LogP contribution in [0, 0.1) is 5.92 Å². The molecule has 1 aliphatic carbocycles. The molecule has 114 valence electrons. The second kappa shape index (κ2) is 6.36. The van der Waals surface area contributed by atoms with Gasteiger partial charge in [0.05, 0.1) is 4.90 Å². The summed E-state index contributed by atoms with van der Waals surface area (Å²) >= 11 is 0. The number of carbonyl (C=O) groups is 2. The zero-order valence-corrected chi connectivity index (χ0v) is 12.6. The number of hydrogen-bond donors (Lipinski definition) is 2. The normalized spacial score (nSPS) is 14.7. The highest BCUT2D eigenvalue weighted by atomic mass is 32.2. The SMILES string of the molecule is CC(=O)c1ccc(S(=O)(=O)NCCNC(=O)C2CC2)cc1. The van der Waals surface area contributed by atoms with E-state index in [0.717, 1.165) is 12.8 Å². The van der Waals surface area contributed by atoms with Crippen LogP contribution in [0.5, 0.6) is 0 Å². The van der Waals surface area contributed by atoms with E-state index in [1.165, 1.54) is 31.2 Å². The number of Topliss-reactive ketones (excluding diaryl/α,β-unsaturated/α-hetero) is 1. The summed E-state index contributed by atoms with van der Waals surface area (Å²) in [5.74, 6) is -0.0181. The van der Waals surface area contributed by atoms with Crippen molar-refractivity contribution in [1.29, 1.82) is 0 Å². The van der Waals surface area contributed by atoms with Gasteiger partial charge in [0.25, 0.3) is 0 Å². The monoisotopic (exact) mass is 310 g/mol. The fourth-order valence-electron chi connectivity index (χ4n) is 1.81. The first-order chi connectivity index (χ1) is 9.90. The molecule has 1 aromatic rings. The summed E-state index contributed by atoms with van der Waals surface area (Å²) < 4.78 is 26.4. The highest BCUT2D eigenvalue weighted by Gasteiger charge is 2.29. The molecule has 1 fully saturated rings. The molecule has 0 aliphatic heterocycles. The molecule has 0 saturated heterocycles. The Morgan fingerprint density at radius 3 is 2.29 bits per heavy atom. The minimum Gasteiger partial charge on any atom is -0.355 e. The third kappa shape index (κ3) is 4.37. The van der Waals surface area contributed by atoms with Crippen LogP contribution >= 0.6 is 0 Å². The van der Waals surface area contributed by atoms with E-state index < -0.39 is 10.0 Å². The Kier molecular flexibility index (Phi) is 4.74. The summed E-state index contributed by atoms with van der Waals surface area (Å²) in [7, 11) is -3.62. The van der Waals surface area contributed by atoms with Gasteiger partial charge in [-0.25, -0.2) is 13.1 Å². The Hall–Kier alpha value is -1.73. The fourth-order valence-corrected chi connectivity index (χ4v) is 2.84. The van der Waals surface area contributed by atoms with E-state index in [1.807, 2.05) is 0 Å². The van der Waals surface area contributed by atoms with Crippen LogP contribution in [0.3, 0.4) is 0 Å². The van der Waals surface area contributed by atoms with Crippen molar-refractivity contribution in [3.63, 3.8) is 0 Å². The molecule has 7 heteroatoms. The van der Waals surface area contributed by atoms with Gasteiger partial charge >= 0.3 is 0 Å². The molecule has 0 heterocycles. The average molecular weight is 310 g/mol. The Morgan fingerprint density at radius 2 is 1.76 bits per heavy atom. The Bertz CT molecular complexity index is 633. The maximum absolute atomic E-state index is 12.0. The van der Waals surface area contributed by atoms with Crippen molar-refractivity contribution in [2.45, 2.75) is 24.7 Å².